The molecule has 2 aromatic rings. The molecule has 0 aliphatic heterocycles. The summed E-state index contributed by atoms with van der Waals surface area (Å²) in [4.78, 5) is 4.34. The van der Waals surface area contributed by atoms with Crippen molar-refractivity contribution in [2.24, 2.45) is 0 Å². The van der Waals surface area contributed by atoms with Crippen LogP contribution in [-0.2, 0) is 6.42 Å². The quantitative estimate of drug-likeness (QED) is 0.625. The first-order valence-electron chi connectivity index (χ1n) is 6.04. The van der Waals surface area contributed by atoms with Gasteiger partial charge in [-0.25, -0.2) is 4.98 Å². The molecule has 2 heterocycles. The number of rotatable bonds is 7. The first-order chi connectivity index (χ1) is 8.75. The van der Waals surface area contributed by atoms with E-state index in [1.165, 1.54) is 5.56 Å². The third-order valence-corrected chi connectivity index (χ3v) is 4.25. The van der Waals surface area contributed by atoms with E-state index < -0.39 is 0 Å². The summed E-state index contributed by atoms with van der Waals surface area (Å²) < 4.78 is 5.51. The zero-order chi connectivity index (χ0) is 12.8. The molecule has 0 saturated carbocycles. The van der Waals surface area contributed by atoms with E-state index in [1.807, 2.05) is 13.8 Å². The van der Waals surface area contributed by atoms with Crippen LogP contribution in [0.1, 0.15) is 17.0 Å². The highest BCUT2D eigenvalue weighted by Gasteiger charge is 2.05. The number of hydrogen-bond donors (Lipinski definition) is 1. The second-order valence-corrected chi connectivity index (χ2v) is 5.93. The molecule has 0 amide bonds. The van der Waals surface area contributed by atoms with Crippen molar-refractivity contribution in [1.29, 1.82) is 0 Å². The lowest BCUT2D eigenvalue weighted by atomic mass is 10.2. The van der Waals surface area contributed by atoms with Crippen LogP contribution in [0.2, 0.25) is 0 Å². The molecule has 0 saturated heterocycles. The summed E-state index contributed by atoms with van der Waals surface area (Å²) in [5.74, 6) is 1.91. The number of aromatic nitrogens is 1. The van der Waals surface area contributed by atoms with Crippen LogP contribution in [0.5, 0.6) is 0 Å². The van der Waals surface area contributed by atoms with E-state index in [2.05, 4.69) is 27.1 Å². The normalized spacial score (nSPS) is 11.0. The zero-order valence-electron chi connectivity index (χ0n) is 10.7. The van der Waals surface area contributed by atoms with Gasteiger partial charge in [0.1, 0.15) is 5.76 Å². The van der Waals surface area contributed by atoms with Gasteiger partial charge in [0.05, 0.1) is 5.69 Å². The van der Waals surface area contributed by atoms with Gasteiger partial charge in [0, 0.05) is 12.3 Å². The molecule has 0 atom stereocenters. The van der Waals surface area contributed by atoms with Crippen molar-refractivity contribution >= 4 is 23.1 Å². The van der Waals surface area contributed by atoms with Crippen molar-refractivity contribution in [2.75, 3.05) is 18.8 Å². The fraction of sp³-hybridized carbons (Fsp3) is 0.462. The Labute approximate surface area is 116 Å². The monoisotopic (exact) mass is 282 g/mol. The molecule has 2 rings (SSSR count). The van der Waals surface area contributed by atoms with Crippen LogP contribution in [-0.4, -0.2) is 23.8 Å². The van der Waals surface area contributed by atoms with Gasteiger partial charge in [0.15, 0.2) is 0 Å². The fourth-order valence-electron chi connectivity index (χ4n) is 1.51. The number of nitrogens with zero attached hydrogens (tertiary/aromatic N) is 1. The predicted molar refractivity (Wildman–Crippen MR) is 77.6 cm³/mol. The van der Waals surface area contributed by atoms with Crippen LogP contribution in [0.15, 0.2) is 26.5 Å². The SMILES string of the molecule is Cc1nc(SCCNCCc2ccsc2)oc1C. The summed E-state index contributed by atoms with van der Waals surface area (Å²) in [7, 11) is 0. The van der Waals surface area contributed by atoms with Crippen LogP contribution >= 0.6 is 23.1 Å². The minimum absolute atomic E-state index is 0.782. The molecule has 18 heavy (non-hydrogen) atoms. The molecule has 0 spiro atoms. The highest BCUT2D eigenvalue weighted by atomic mass is 32.2. The maximum Gasteiger partial charge on any atom is 0.256 e. The molecule has 0 aliphatic rings. The molecule has 0 radical (unpaired) electrons. The molecule has 0 aromatic carbocycles. The average molecular weight is 282 g/mol. The Kier molecular flexibility index (Phi) is 5.28. The molecular weight excluding hydrogens is 264 g/mol. The Bertz CT molecular complexity index is 446. The summed E-state index contributed by atoms with van der Waals surface area (Å²) in [6.45, 7) is 5.93. The van der Waals surface area contributed by atoms with Gasteiger partial charge in [-0.05, 0) is 49.2 Å². The first-order valence-corrected chi connectivity index (χ1v) is 7.97. The Morgan fingerprint density at radius 2 is 2.28 bits per heavy atom. The maximum absolute atomic E-state index is 5.51. The average Bonchev–Trinajstić information content (AvgIpc) is 2.95. The van der Waals surface area contributed by atoms with Crippen molar-refractivity contribution in [3.8, 4) is 0 Å². The summed E-state index contributed by atoms with van der Waals surface area (Å²) in [6.07, 6.45) is 1.10. The smallest absolute Gasteiger partial charge is 0.256 e. The van der Waals surface area contributed by atoms with Crippen molar-refractivity contribution in [1.82, 2.24) is 10.3 Å². The molecular formula is C13H18N2OS2. The topological polar surface area (TPSA) is 38.1 Å². The molecule has 2 aromatic heterocycles. The number of nitrogens with one attached hydrogen (secondary N) is 1. The first kappa shape index (κ1) is 13.6. The van der Waals surface area contributed by atoms with E-state index in [9.17, 15) is 0 Å². The number of oxazole rings is 1. The third-order valence-electron chi connectivity index (χ3n) is 2.68. The highest BCUT2D eigenvalue weighted by molar-refractivity contribution is 7.99. The van der Waals surface area contributed by atoms with E-state index >= 15 is 0 Å². The van der Waals surface area contributed by atoms with Crippen molar-refractivity contribution in [3.63, 3.8) is 0 Å². The Morgan fingerprint density at radius 3 is 2.94 bits per heavy atom. The lowest BCUT2D eigenvalue weighted by Gasteiger charge is -2.02. The fourth-order valence-corrected chi connectivity index (χ4v) is 3.02. The third kappa shape index (κ3) is 4.15. The van der Waals surface area contributed by atoms with Crippen LogP contribution < -0.4 is 5.32 Å². The lowest BCUT2D eigenvalue weighted by Crippen LogP contribution is -2.19. The van der Waals surface area contributed by atoms with Crippen LogP contribution in [0.25, 0.3) is 0 Å². The number of hydrogen-bond acceptors (Lipinski definition) is 5. The standard InChI is InChI=1S/C13H18N2OS2/c1-10-11(2)16-13(15-10)18-8-6-14-5-3-12-4-7-17-9-12/h4,7,9,14H,3,5-6,8H2,1-2H3. The summed E-state index contributed by atoms with van der Waals surface area (Å²) in [6, 6.07) is 2.18. The zero-order valence-corrected chi connectivity index (χ0v) is 12.4. The number of aryl methyl sites for hydroxylation is 2. The van der Waals surface area contributed by atoms with E-state index in [0.717, 1.165) is 41.9 Å². The molecule has 1 N–H and O–H groups in total. The second kappa shape index (κ2) is 6.97. The lowest BCUT2D eigenvalue weighted by molar-refractivity contribution is 0.431. The van der Waals surface area contributed by atoms with Crippen molar-refractivity contribution in [2.45, 2.75) is 25.5 Å². The summed E-state index contributed by atoms with van der Waals surface area (Å²) >= 11 is 3.42. The Hall–Kier alpha value is -0.780. The van der Waals surface area contributed by atoms with Crippen LogP contribution in [0.4, 0.5) is 0 Å². The van der Waals surface area contributed by atoms with E-state index in [-0.39, 0.29) is 0 Å². The maximum atomic E-state index is 5.51. The van der Waals surface area contributed by atoms with Crippen molar-refractivity contribution < 1.29 is 4.42 Å². The van der Waals surface area contributed by atoms with Gasteiger partial charge in [-0.15, -0.1) is 0 Å². The molecule has 98 valence electrons. The molecule has 3 nitrogen and oxygen atoms in total. The van der Waals surface area contributed by atoms with E-state index in [1.54, 1.807) is 23.1 Å². The van der Waals surface area contributed by atoms with Crippen LogP contribution in [0, 0.1) is 13.8 Å². The minimum atomic E-state index is 0.782. The minimum Gasteiger partial charge on any atom is -0.437 e. The molecule has 0 unspecified atom stereocenters. The summed E-state index contributed by atoms with van der Waals surface area (Å²) in [5.41, 5.74) is 2.40. The second-order valence-electron chi connectivity index (χ2n) is 4.10. The number of thioether (sulfide) groups is 1. The van der Waals surface area contributed by atoms with Gasteiger partial charge in [0.2, 0.25) is 0 Å². The van der Waals surface area contributed by atoms with E-state index in [0.29, 0.717) is 0 Å². The molecule has 5 heteroatoms. The van der Waals surface area contributed by atoms with Gasteiger partial charge < -0.3 is 9.73 Å². The largest absolute Gasteiger partial charge is 0.437 e. The van der Waals surface area contributed by atoms with Gasteiger partial charge in [0.25, 0.3) is 5.22 Å². The van der Waals surface area contributed by atoms with Gasteiger partial charge >= 0.3 is 0 Å². The predicted octanol–water partition coefficient (Wildman–Crippen LogP) is 3.28. The molecule has 0 fully saturated rings. The van der Waals surface area contributed by atoms with Gasteiger partial charge in [-0.2, -0.15) is 11.3 Å². The molecule has 0 bridgehead atoms. The van der Waals surface area contributed by atoms with Crippen molar-refractivity contribution in [3.05, 3.63) is 33.8 Å². The van der Waals surface area contributed by atoms with Gasteiger partial charge in [-0.1, -0.05) is 11.8 Å². The van der Waals surface area contributed by atoms with E-state index in [4.69, 9.17) is 4.42 Å². The van der Waals surface area contributed by atoms with Gasteiger partial charge in [-0.3, -0.25) is 0 Å². The van der Waals surface area contributed by atoms with Crippen LogP contribution in [0.3, 0.4) is 0 Å². The number of thiophene rings is 1. The highest BCUT2D eigenvalue weighted by Crippen LogP contribution is 2.19. The Morgan fingerprint density at radius 1 is 1.39 bits per heavy atom. The Balaban J connectivity index is 1.56. The summed E-state index contributed by atoms with van der Waals surface area (Å²) in [5, 5.41) is 8.54. The molecule has 0 aliphatic carbocycles.